The highest BCUT2D eigenvalue weighted by molar-refractivity contribution is 6.38. The number of phenols is 4. The SMILES string of the molecule is [B]c1c(N)c(O)c(O)c(O)c1O. The minimum atomic E-state index is -0.890. The molecule has 0 bridgehead atoms. The summed E-state index contributed by atoms with van der Waals surface area (Å²) in [6, 6.07) is 0. The highest BCUT2D eigenvalue weighted by Crippen LogP contribution is 2.43. The Labute approximate surface area is 69.1 Å². The zero-order chi connectivity index (χ0) is 9.46. The number of anilines is 1. The first kappa shape index (κ1) is 8.38. The van der Waals surface area contributed by atoms with Crippen molar-refractivity contribution in [1.29, 1.82) is 0 Å². The van der Waals surface area contributed by atoms with Crippen molar-refractivity contribution >= 4 is 19.0 Å². The van der Waals surface area contributed by atoms with E-state index in [4.69, 9.17) is 34.0 Å². The fourth-order valence-corrected chi connectivity index (χ4v) is 0.735. The lowest BCUT2D eigenvalue weighted by atomic mass is 9.91. The van der Waals surface area contributed by atoms with Gasteiger partial charge in [-0.3, -0.25) is 0 Å². The molecule has 0 aliphatic rings. The molecule has 6 heteroatoms. The third-order valence-corrected chi connectivity index (χ3v) is 1.47. The summed E-state index contributed by atoms with van der Waals surface area (Å²) in [7, 11) is 5.15. The molecule has 1 rings (SSSR count). The fourth-order valence-electron chi connectivity index (χ4n) is 0.735. The Kier molecular flexibility index (Phi) is 1.68. The van der Waals surface area contributed by atoms with Crippen LogP contribution in [0.5, 0.6) is 23.0 Å². The van der Waals surface area contributed by atoms with E-state index in [-0.39, 0.29) is 11.2 Å². The molecule has 12 heavy (non-hydrogen) atoms. The fraction of sp³-hybridized carbons (Fsp3) is 0. The summed E-state index contributed by atoms with van der Waals surface area (Å²) < 4.78 is 0. The number of rotatable bonds is 0. The molecule has 0 unspecified atom stereocenters. The number of benzene rings is 1. The van der Waals surface area contributed by atoms with Gasteiger partial charge in [0.2, 0.25) is 11.5 Å². The van der Waals surface area contributed by atoms with Crippen LogP contribution >= 0.6 is 0 Å². The van der Waals surface area contributed by atoms with E-state index < -0.39 is 23.0 Å². The predicted molar refractivity (Wildman–Crippen MR) is 42.9 cm³/mol. The highest BCUT2D eigenvalue weighted by atomic mass is 16.3. The first-order valence-electron chi connectivity index (χ1n) is 2.97. The maximum Gasteiger partial charge on any atom is 0.206 e. The van der Waals surface area contributed by atoms with Crippen LogP contribution in [0.2, 0.25) is 0 Å². The topological polar surface area (TPSA) is 107 Å². The van der Waals surface area contributed by atoms with Gasteiger partial charge in [0.25, 0.3) is 0 Å². The second-order valence-electron chi connectivity index (χ2n) is 2.22. The summed E-state index contributed by atoms with van der Waals surface area (Å²) >= 11 is 0. The van der Waals surface area contributed by atoms with E-state index >= 15 is 0 Å². The van der Waals surface area contributed by atoms with E-state index in [1.54, 1.807) is 0 Å². The van der Waals surface area contributed by atoms with Gasteiger partial charge in [-0.15, -0.1) is 0 Å². The minimum absolute atomic E-state index is 0.372. The third kappa shape index (κ3) is 0.885. The van der Waals surface area contributed by atoms with Crippen LogP contribution in [-0.4, -0.2) is 28.3 Å². The Morgan fingerprint density at radius 1 is 0.833 bits per heavy atom. The number of hydrogen-bond acceptors (Lipinski definition) is 5. The summed E-state index contributed by atoms with van der Waals surface area (Å²) in [5.74, 6) is -3.27. The smallest absolute Gasteiger partial charge is 0.206 e. The average Bonchev–Trinajstić information content (AvgIpc) is 2.08. The van der Waals surface area contributed by atoms with Crippen molar-refractivity contribution in [2.75, 3.05) is 5.73 Å². The number of hydrogen-bond donors (Lipinski definition) is 5. The number of aromatic hydroxyl groups is 4. The summed E-state index contributed by atoms with van der Waals surface area (Å²) in [4.78, 5) is 0. The first-order chi connectivity index (χ1) is 5.46. The van der Waals surface area contributed by atoms with Crippen LogP contribution in [-0.2, 0) is 0 Å². The first-order valence-corrected chi connectivity index (χ1v) is 2.97. The Hall–Kier alpha value is -1.72. The van der Waals surface area contributed by atoms with Gasteiger partial charge in [0.05, 0.1) is 5.69 Å². The van der Waals surface area contributed by atoms with E-state index in [2.05, 4.69) is 0 Å². The molecular weight excluding hydrogens is 161 g/mol. The molecule has 0 heterocycles. The molecule has 2 radical (unpaired) electrons. The van der Waals surface area contributed by atoms with E-state index in [1.165, 1.54) is 0 Å². The molecule has 5 nitrogen and oxygen atoms in total. The molecule has 0 aliphatic heterocycles. The van der Waals surface area contributed by atoms with Gasteiger partial charge in [0, 0.05) is 0 Å². The Balaban J connectivity index is 3.60. The van der Waals surface area contributed by atoms with Gasteiger partial charge in [-0.25, -0.2) is 0 Å². The normalized spacial score (nSPS) is 10.0. The summed E-state index contributed by atoms with van der Waals surface area (Å²) in [6.07, 6.45) is 0. The molecule has 0 fully saturated rings. The minimum Gasteiger partial charge on any atom is -0.505 e. The van der Waals surface area contributed by atoms with Crippen LogP contribution in [0.25, 0.3) is 0 Å². The number of nitrogen functional groups attached to an aromatic ring is 1. The lowest BCUT2D eigenvalue weighted by Crippen LogP contribution is -2.10. The van der Waals surface area contributed by atoms with Crippen molar-refractivity contribution in [1.82, 2.24) is 0 Å². The van der Waals surface area contributed by atoms with Crippen LogP contribution in [0, 0.1) is 0 Å². The summed E-state index contributed by atoms with van der Waals surface area (Å²) in [5, 5.41) is 35.7. The zero-order valence-corrected chi connectivity index (χ0v) is 5.94. The summed E-state index contributed by atoms with van der Waals surface area (Å²) in [6.45, 7) is 0. The lowest BCUT2D eigenvalue weighted by molar-refractivity contribution is 0.349. The van der Waals surface area contributed by atoms with Crippen molar-refractivity contribution in [3.63, 3.8) is 0 Å². The van der Waals surface area contributed by atoms with Gasteiger partial charge < -0.3 is 26.2 Å². The van der Waals surface area contributed by atoms with Crippen LogP contribution in [0.15, 0.2) is 0 Å². The Bertz CT molecular complexity index is 234. The lowest BCUT2D eigenvalue weighted by Gasteiger charge is -2.09. The van der Waals surface area contributed by atoms with Crippen molar-refractivity contribution in [3.8, 4) is 23.0 Å². The maximum atomic E-state index is 8.97. The van der Waals surface area contributed by atoms with Crippen LogP contribution in [0.1, 0.15) is 0 Å². The van der Waals surface area contributed by atoms with Crippen LogP contribution in [0.4, 0.5) is 5.69 Å². The number of phenolic OH excluding ortho intramolecular Hbond substituents is 4. The molecule has 1 aromatic rings. The van der Waals surface area contributed by atoms with Gasteiger partial charge in [0.15, 0.2) is 11.5 Å². The van der Waals surface area contributed by atoms with Crippen molar-refractivity contribution in [2.24, 2.45) is 0 Å². The summed E-state index contributed by atoms with van der Waals surface area (Å²) in [5.41, 5.74) is 4.40. The molecule has 0 aliphatic carbocycles. The monoisotopic (exact) mass is 167 g/mol. The largest absolute Gasteiger partial charge is 0.505 e. The zero-order valence-electron chi connectivity index (χ0n) is 5.94. The molecule has 0 saturated heterocycles. The highest BCUT2D eigenvalue weighted by Gasteiger charge is 2.17. The van der Waals surface area contributed by atoms with E-state index in [0.29, 0.717) is 0 Å². The van der Waals surface area contributed by atoms with Crippen LogP contribution in [0.3, 0.4) is 0 Å². The van der Waals surface area contributed by atoms with Crippen molar-refractivity contribution < 1.29 is 20.4 Å². The van der Waals surface area contributed by atoms with E-state index in [0.717, 1.165) is 0 Å². The van der Waals surface area contributed by atoms with Gasteiger partial charge >= 0.3 is 0 Å². The standard InChI is InChI=1S/C6H6BNO4/c7-1-2(8)4(10)6(12)5(11)3(1)9/h9-12H,8H2. The average molecular weight is 167 g/mol. The van der Waals surface area contributed by atoms with Crippen LogP contribution < -0.4 is 11.2 Å². The maximum absolute atomic E-state index is 8.97. The molecule has 6 N–H and O–H groups in total. The van der Waals surface area contributed by atoms with E-state index in [9.17, 15) is 0 Å². The van der Waals surface area contributed by atoms with Gasteiger partial charge in [0.1, 0.15) is 7.85 Å². The molecule has 0 saturated carbocycles. The van der Waals surface area contributed by atoms with Crippen molar-refractivity contribution in [2.45, 2.75) is 0 Å². The molecule has 0 spiro atoms. The second kappa shape index (κ2) is 2.40. The van der Waals surface area contributed by atoms with E-state index in [1.807, 2.05) is 0 Å². The molecule has 0 amide bonds. The molecular formula is C6H6BNO4. The van der Waals surface area contributed by atoms with Gasteiger partial charge in [-0.1, -0.05) is 0 Å². The Morgan fingerprint density at radius 3 is 1.75 bits per heavy atom. The quantitative estimate of drug-likeness (QED) is 0.146. The molecule has 0 atom stereocenters. The van der Waals surface area contributed by atoms with Gasteiger partial charge in [-0.2, -0.15) is 0 Å². The third-order valence-electron chi connectivity index (χ3n) is 1.47. The molecule has 1 aromatic carbocycles. The van der Waals surface area contributed by atoms with Crippen molar-refractivity contribution in [3.05, 3.63) is 0 Å². The molecule has 0 aromatic heterocycles. The second-order valence-corrected chi connectivity index (χ2v) is 2.22. The predicted octanol–water partition coefficient (Wildman–Crippen LogP) is -1.12. The number of nitrogens with two attached hydrogens (primary N) is 1. The van der Waals surface area contributed by atoms with Gasteiger partial charge in [-0.05, 0) is 5.46 Å². The Morgan fingerprint density at radius 2 is 1.25 bits per heavy atom. The molecule has 62 valence electrons.